The summed E-state index contributed by atoms with van der Waals surface area (Å²) in [5.41, 5.74) is 1.83. The van der Waals surface area contributed by atoms with Gasteiger partial charge in [-0.3, -0.25) is 4.79 Å². The maximum atomic E-state index is 12.5. The fraction of sp³-hybridized carbons (Fsp3) is 0.176. The highest BCUT2D eigenvalue weighted by atomic mass is 35.6. The highest BCUT2D eigenvalue weighted by Crippen LogP contribution is 2.30. The molecule has 2 aromatic rings. The van der Waals surface area contributed by atoms with E-state index in [9.17, 15) is 4.79 Å². The van der Waals surface area contributed by atoms with Gasteiger partial charge in [0.15, 0.2) is 5.11 Å². The molecule has 0 bridgehead atoms. The van der Waals surface area contributed by atoms with E-state index in [2.05, 4.69) is 16.0 Å². The fourth-order valence-corrected chi connectivity index (χ4v) is 2.97. The zero-order chi connectivity index (χ0) is 20.2. The van der Waals surface area contributed by atoms with Crippen LogP contribution in [0.5, 0.6) is 0 Å². The monoisotopic (exact) mass is 483 g/mol. The van der Waals surface area contributed by atoms with Gasteiger partial charge in [-0.15, -0.1) is 0 Å². The van der Waals surface area contributed by atoms with Crippen molar-refractivity contribution in [3.8, 4) is 0 Å². The Bertz CT molecular complexity index is 857. The number of amides is 1. The zero-order valence-electron chi connectivity index (χ0n) is 13.8. The number of thiocarbonyl (C=S) groups is 1. The molecule has 0 aliphatic carbocycles. The van der Waals surface area contributed by atoms with E-state index in [0.29, 0.717) is 21.3 Å². The topological polar surface area (TPSA) is 53.2 Å². The Morgan fingerprint density at radius 2 is 1.70 bits per heavy atom. The van der Waals surface area contributed by atoms with Gasteiger partial charge in [-0.25, -0.2) is 0 Å². The summed E-state index contributed by atoms with van der Waals surface area (Å²) >= 11 is 35.1. The largest absolute Gasteiger partial charge is 0.339 e. The normalized spacial score (nSPS) is 12.2. The number of carbonyl (C=O) groups is 1. The van der Waals surface area contributed by atoms with Crippen molar-refractivity contribution in [3.05, 3.63) is 63.6 Å². The lowest BCUT2D eigenvalue weighted by Gasteiger charge is -2.28. The Morgan fingerprint density at radius 1 is 1.04 bits per heavy atom. The molecule has 4 nitrogen and oxygen atoms in total. The van der Waals surface area contributed by atoms with Crippen LogP contribution < -0.4 is 16.0 Å². The van der Waals surface area contributed by atoms with E-state index in [1.165, 1.54) is 0 Å². The van der Waals surface area contributed by atoms with Crippen molar-refractivity contribution >= 4 is 86.9 Å². The summed E-state index contributed by atoms with van der Waals surface area (Å²) < 4.78 is -1.86. The molecule has 0 spiro atoms. The molecule has 0 unspecified atom stereocenters. The van der Waals surface area contributed by atoms with Crippen LogP contribution in [0, 0.1) is 6.92 Å². The number of carbonyl (C=O) groups excluding carboxylic acids is 1. The molecular weight excluding hydrogens is 472 g/mol. The molecule has 0 saturated carbocycles. The Hall–Kier alpha value is -0.950. The van der Waals surface area contributed by atoms with E-state index in [0.717, 1.165) is 5.56 Å². The van der Waals surface area contributed by atoms with Crippen LogP contribution in [0.1, 0.15) is 15.9 Å². The summed E-state index contributed by atoms with van der Waals surface area (Å²) in [4.78, 5) is 12.5. The molecule has 0 heterocycles. The number of rotatable bonds is 4. The molecule has 0 saturated heterocycles. The molecule has 144 valence electrons. The van der Waals surface area contributed by atoms with Gasteiger partial charge in [0.25, 0.3) is 5.91 Å². The lowest BCUT2D eigenvalue weighted by Crippen LogP contribution is -2.56. The van der Waals surface area contributed by atoms with Gasteiger partial charge in [0, 0.05) is 11.3 Å². The molecule has 27 heavy (non-hydrogen) atoms. The predicted molar refractivity (Wildman–Crippen MR) is 119 cm³/mol. The highest BCUT2D eigenvalue weighted by Gasteiger charge is 2.35. The summed E-state index contributed by atoms with van der Waals surface area (Å²) in [6, 6.07) is 11.9. The first-order valence-corrected chi connectivity index (χ1v) is 9.83. The minimum absolute atomic E-state index is 0.120. The summed E-state index contributed by atoms with van der Waals surface area (Å²) in [6.07, 6.45) is -1.09. The smallest absolute Gasteiger partial charge is 0.253 e. The second-order valence-corrected chi connectivity index (χ2v) is 9.08. The first-order chi connectivity index (χ1) is 12.6. The number of hydrogen-bond donors (Lipinski definition) is 3. The predicted octanol–water partition coefficient (Wildman–Crippen LogP) is 5.71. The molecule has 0 aliphatic rings. The molecule has 10 heteroatoms. The van der Waals surface area contributed by atoms with Crippen LogP contribution in [0.25, 0.3) is 0 Å². The molecule has 2 aromatic carbocycles. The number of alkyl halides is 3. The second kappa shape index (κ2) is 9.50. The molecule has 0 aromatic heterocycles. The van der Waals surface area contributed by atoms with Crippen LogP contribution in [0.2, 0.25) is 10.0 Å². The summed E-state index contributed by atoms with van der Waals surface area (Å²) in [7, 11) is 0. The molecule has 0 aliphatic heterocycles. The van der Waals surface area contributed by atoms with Gasteiger partial charge in [0.1, 0.15) is 6.17 Å². The van der Waals surface area contributed by atoms with Crippen LogP contribution in [0.3, 0.4) is 0 Å². The number of nitrogens with one attached hydrogen (secondary N) is 3. The third-order valence-electron chi connectivity index (χ3n) is 3.45. The standard InChI is InChI=1S/C17H14Cl5N3OS/c1-9-4-2-3-5-11(9)14(26)24-15(17(20,21)22)25-16(27)23-10-6-7-12(18)13(19)8-10/h2-8,15H,1H3,(H,24,26)(H2,23,25,27)/t15-/m1/s1. The molecule has 2 rings (SSSR count). The van der Waals surface area contributed by atoms with Crippen LogP contribution >= 0.6 is 70.2 Å². The van der Waals surface area contributed by atoms with Crippen molar-refractivity contribution in [2.24, 2.45) is 0 Å². The van der Waals surface area contributed by atoms with Crippen molar-refractivity contribution in [2.75, 3.05) is 5.32 Å². The molecule has 3 N–H and O–H groups in total. The van der Waals surface area contributed by atoms with Gasteiger partial charge in [-0.2, -0.15) is 0 Å². The number of aryl methyl sites for hydroxylation is 1. The second-order valence-electron chi connectivity index (χ2n) is 5.49. The summed E-state index contributed by atoms with van der Waals surface area (Å²) in [6.45, 7) is 1.81. The van der Waals surface area contributed by atoms with Gasteiger partial charge >= 0.3 is 0 Å². The van der Waals surface area contributed by atoms with Crippen LogP contribution in [0.4, 0.5) is 5.69 Å². The van der Waals surface area contributed by atoms with Gasteiger partial charge in [-0.05, 0) is 49.0 Å². The van der Waals surface area contributed by atoms with Crippen LogP contribution in [0.15, 0.2) is 42.5 Å². The van der Waals surface area contributed by atoms with Gasteiger partial charge < -0.3 is 16.0 Å². The molecule has 0 radical (unpaired) electrons. The van der Waals surface area contributed by atoms with Crippen molar-refractivity contribution in [1.29, 1.82) is 0 Å². The molecular formula is C17H14Cl5N3OS. The van der Waals surface area contributed by atoms with Crippen molar-refractivity contribution in [1.82, 2.24) is 10.6 Å². The third-order valence-corrected chi connectivity index (χ3v) is 5.06. The van der Waals surface area contributed by atoms with Crippen molar-refractivity contribution in [3.63, 3.8) is 0 Å². The van der Waals surface area contributed by atoms with E-state index in [1.807, 2.05) is 19.1 Å². The van der Waals surface area contributed by atoms with Crippen molar-refractivity contribution in [2.45, 2.75) is 16.9 Å². The zero-order valence-corrected chi connectivity index (χ0v) is 18.4. The fourth-order valence-electron chi connectivity index (χ4n) is 2.11. The quantitative estimate of drug-likeness (QED) is 0.295. The molecule has 1 amide bonds. The van der Waals surface area contributed by atoms with Gasteiger partial charge in [0.2, 0.25) is 3.79 Å². The van der Waals surface area contributed by atoms with Crippen LogP contribution in [-0.2, 0) is 0 Å². The third kappa shape index (κ3) is 6.56. The number of halogens is 5. The van der Waals surface area contributed by atoms with E-state index in [-0.39, 0.29) is 5.11 Å². The summed E-state index contributed by atoms with van der Waals surface area (Å²) in [5.74, 6) is -0.408. The lowest BCUT2D eigenvalue weighted by molar-refractivity contribution is 0.0934. The van der Waals surface area contributed by atoms with E-state index < -0.39 is 15.9 Å². The summed E-state index contributed by atoms with van der Waals surface area (Å²) in [5, 5.41) is 9.18. The first kappa shape index (κ1) is 22.3. The average Bonchev–Trinajstić information content (AvgIpc) is 2.57. The minimum atomic E-state index is -1.86. The Labute approximate surface area is 187 Å². The number of benzene rings is 2. The Balaban J connectivity index is 2.10. The molecule has 1 atom stereocenters. The van der Waals surface area contributed by atoms with Crippen LogP contribution in [-0.4, -0.2) is 21.0 Å². The maximum absolute atomic E-state index is 12.5. The van der Waals surface area contributed by atoms with Crippen molar-refractivity contribution < 1.29 is 4.79 Å². The number of hydrogen-bond acceptors (Lipinski definition) is 2. The average molecular weight is 486 g/mol. The Morgan fingerprint density at radius 3 is 2.30 bits per heavy atom. The van der Waals surface area contributed by atoms with Gasteiger partial charge in [0.05, 0.1) is 10.0 Å². The van der Waals surface area contributed by atoms with E-state index in [1.54, 1.807) is 30.3 Å². The minimum Gasteiger partial charge on any atom is -0.339 e. The highest BCUT2D eigenvalue weighted by molar-refractivity contribution is 7.80. The van der Waals surface area contributed by atoms with E-state index >= 15 is 0 Å². The van der Waals surface area contributed by atoms with E-state index in [4.69, 9.17) is 70.2 Å². The maximum Gasteiger partial charge on any atom is 0.253 e. The Kier molecular flexibility index (Phi) is 7.86. The number of anilines is 1. The SMILES string of the molecule is Cc1ccccc1C(=O)N[C@H](NC(=S)Nc1ccc(Cl)c(Cl)c1)C(Cl)(Cl)Cl. The van der Waals surface area contributed by atoms with Gasteiger partial charge in [-0.1, -0.05) is 76.2 Å². The molecule has 0 fully saturated rings. The lowest BCUT2D eigenvalue weighted by atomic mass is 10.1. The first-order valence-electron chi connectivity index (χ1n) is 7.53.